The van der Waals surface area contributed by atoms with Crippen LogP contribution in [0.25, 0.3) is 0 Å². The lowest BCUT2D eigenvalue weighted by molar-refractivity contribution is -0.138. The molecule has 2 N–H and O–H groups in total. The first-order chi connectivity index (χ1) is 8.61. The number of aliphatic carboxylic acids is 1. The van der Waals surface area contributed by atoms with Gasteiger partial charge in [-0.15, -0.1) is 0 Å². The largest absolute Gasteiger partial charge is 0.479 e. The Labute approximate surface area is 115 Å². The number of carbonyl (C=O) groups excluding carboxylic acids is 1. The summed E-state index contributed by atoms with van der Waals surface area (Å²) in [7, 11) is 0. The smallest absolute Gasteiger partial charge is 0.408 e. The Morgan fingerprint density at radius 2 is 1.89 bits per heavy atom. The van der Waals surface area contributed by atoms with E-state index in [0.29, 0.717) is 5.92 Å². The number of alkyl carbamates (subject to hydrolysis) is 1. The molecule has 1 atom stereocenters. The summed E-state index contributed by atoms with van der Waals surface area (Å²) in [5.74, 6) is -0.543. The van der Waals surface area contributed by atoms with Crippen molar-refractivity contribution in [3.63, 3.8) is 0 Å². The highest BCUT2D eigenvalue weighted by atomic mass is 16.6. The number of ether oxygens (including phenoxy) is 1. The lowest BCUT2D eigenvalue weighted by atomic mass is 10.1. The number of hydrogen-bond acceptors (Lipinski definition) is 3. The van der Waals surface area contributed by atoms with Crippen LogP contribution in [0.4, 0.5) is 4.79 Å². The molecule has 0 aliphatic heterocycles. The van der Waals surface area contributed by atoms with E-state index >= 15 is 0 Å². The second kappa shape index (κ2) is 7.81. The average Bonchev–Trinajstić information content (AvgIpc) is 2.19. The van der Waals surface area contributed by atoms with Gasteiger partial charge in [0.05, 0.1) is 0 Å². The maximum atomic E-state index is 11.5. The predicted molar refractivity (Wildman–Crippen MR) is 74.0 cm³/mol. The van der Waals surface area contributed by atoms with Gasteiger partial charge in [-0.05, 0) is 39.5 Å². The van der Waals surface area contributed by atoms with Crippen molar-refractivity contribution in [1.29, 1.82) is 0 Å². The first-order valence-electron chi connectivity index (χ1n) is 6.51. The zero-order valence-corrected chi connectivity index (χ0v) is 12.4. The summed E-state index contributed by atoms with van der Waals surface area (Å²) in [6, 6.07) is -1.05. The number of carbonyl (C=O) groups is 2. The molecule has 5 nitrogen and oxygen atoms in total. The lowest BCUT2D eigenvalue weighted by Crippen LogP contribution is -2.42. The van der Waals surface area contributed by atoms with Crippen LogP contribution in [0.5, 0.6) is 0 Å². The van der Waals surface area contributed by atoms with Crippen molar-refractivity contribution < 1.29 is 19.4 Å². The molecule has 0 fully saturated rings. The summed E-state index contributed by atoms with van der Waals surface area (Å²) < 4.78 is 5.02. The van der Waals surface area contributed by atoms with E-state index in [9.17, 15) is 9.59 Å². The third kappa shape index (κ3) is 10.1. The molecule has 0 heterocycles. The number of allylic oxidation sites excluding steroid dienone is 1. The van der Waals surface area contributed by atoms with Crippen LogP contribution in [0.15, 0.2) is 12.2 Å². The minimum Gasteiger partial charge on any atom is -0.479 e. The zero-order valence-electron chi connectivity index (χ0n) is 12.4. The first-order valence-corrected chi connectivity index (χ1v) is 6.51. The van der Waals surface area contributed by atoms with Crippen molar-refractivity contribution in [1.82, 2.24) is 5.32 Å². The van der Waals surface area contributed by atoms with Gasteiger partial charge in [0, 0.05) is 0 Å². The highest BCUT2D eigenvalue weighted by molar-refractivity contribution is 5.81. The molecule has 0 aromatic carbocycles. The fraction of sp³-hybridized carbons (Fsp3) is 0.714. The number of rotatable bonds is 6. The molecule has 1 amide bonds. The maximum absolute atomic E-state index is 11.5. The van der Waals surface area contributed by atoms with E-state index in [4.69, 9.17) is 9.84 Å². The summed E-state index contributed by atoms with van der Waals surface area (Å²) in [5, 5.41) is 11.3. The van der Waals surface area contributed by atoms with E-state index in [1.165, 1.54) is 6.08 Å². The highest BCUT2D eigenvalue weighted by Crippen LogP contribution is 2.07. The molecule has 0 aromatic heterocycles. The van der Waals surface area contributed by atoms with E-state index in [1.54, 1.807) is 26.8 Å². The van der Waals surface area contributed by atoms with Crippen molar-refractivity contribution in [2.24, 2.45) is 5.92 Å². The molecule has 1 unspecified atom stereocenters. The summed E-state index contributed by atoms with van der Waals surface area (Å²) in [4.78, 5) is 22.5. The zero-order chi connectivity index (χ0) is 15.1. The van der Waals surface area contributed by atoms with E-state index < -0.39 is 23.7 Å². The number of amides is 1. The van der Waals surface area contributed by atoms with Gasteiger partial charge in [-0.1, -0.05) is 26.0 Å². The van der Waals surface area contributed by atoms with Crippen molar-refractivity contribution in [2.45, 2.75) is 59.1 Å². The minimum atomic E-state index is -1.10. The maximum Gasteiger partial charge on any atom is 0.408 e. The van der Waals surface area contributed by atoms with Crippen molar-refractivity contribution in [2.75, 3.05) is 0 Å². The van der Waals surface area contributed by atoms with Crippen molar-refractivity contribution in [3.05, 3.63) is 12.2 Å². The Balaban J connectivity index is 4.34. The second-order valence-corrected chi connectivity index (χ2v) is 5.86. The number of nitrogens with one attached hydrogen (secondary N) is 1. The molecule has 0 rings (SSSR count). The minimum absolute atomic E-state index is 0.562. The van der Waals surface area contributed by atoms with Gasteiger partial charge in [-0.25, -0.2) is 9.59 Å². The third-order valence-corrected chi connectivity index (χ3v) is 2.18. The SMILES string of the molecule is CC(C)CCC=CC(NC(=O)OC(C)(C)C)C(=O)O. The van der Waals surface area contributed by atoms with Crippen LogP contribution in [-0.2, 0) is 9.53 Å². The van der Waals surface area contributed by atoms with E-state index in [1.807, 2.05) is 0 Å². The summed E-state index contributed by atoms with van der Waals surface area (Å²) in [5.41, 5.74) is -0.644. The van der Waals surface area contributed by atoms with Gasteiger partial charge in [-0.3, -0.25) is 0 Å². The Kier molecular flexibility index (Phi) is 7.19. The fourth-order valence-corrected chi connectivity index (χ4v) is 1.29. The molecule has 0 saturated carbocycles. The van der Waals surface area contributed by atoms with E-state index in [-0.39, 0.29) is 0 Å². The molecular weight excluding hydrogens is 246 g/mol. The van der Waals surface area contributed by atoms with E-state index in [2.05, 4.69) is 19.2 Å². The molecule has 0 bridgehead atoms. The van der Waals surface area contributed by atoms with Gasteiger partial charge < -0.3 is 15.2 Å². The van der Waals surface area contributed by atoms with Crippen molar-refractivity contribution in [3.8, 4) is 0 Å². The normalized spacial score (nSPS) is 13.6. The molecule has 0 radical (unpaired) electrons. The van der Waals surface area contributed by atoms with Crippen LogP contribution in [0, 0.1) is 5.92 Å². The lowest BCUT2D eigenvalue weighted by Gasteiger charge is -2.21. The molecule has 0 aromatic rings. The number of hydrogen-bond donors (Lipinski definition) is 2. The standard InChI is InChI=1S/C14H25NO4/c1-10(2)8-6-7-9-11(12(16)17)15-13(18)19-14(3,4)5/h7,9-11H,6,8H2,1-5H3,(H,15,18)(H,16,17). The summed E-state index contributed by atoms with van der Waals surface area (Å²) >= 11 is 0. The Morgan fingerprint density at radius 3 is 2.32 bits per heavy atom. The van der Waals surface area contributed by atoms with Crippen LogP contribution in [0.1, 0.15) is 47.5 Å². The van der Waals surface area contributed by atoms with Crippen LogP contribution in [0.3, 0.4) is 0 Å². The quantitative estimate of drug-likeness (QED) is 0.728. The van der Waals surface area contributed by atoms with Crippen molar-refractivity contribution >= 4 is 12.1 Å². The van der Waals surface area contributed by atoms with Crippen LogP contribution >= 0.6 is 0 Å². The monoisotopic (exact) mass is 271 g/mol. The van der Waals surface area contributed by atoms with Crippen LogP contribution in [0.2, 0.25) is 0 Å². The molecule has 5 heteroatoms. The fourth-order valence-electron chi connectivity index (χ4n) is 1.29. The highest BCUT2D eigenvalue weighted by Gasteiger charge is 2.21. The molecule has 110 valence electrons. The molecule has 0 aliphatic carbocycles. The third-order valence-electron chi connectivity index (χ3n) is 2.18. The Morgan fingerprint density at radius 1 is 1.32 bits per heavy atom. The molecule has 0 saturated heterocycles. The summed E-state index contributed by atoms with van der Waals surface area (Å²) in [6.07, 6.45) is 4.30. The molecular formula is C14H25NO4. The van der Waals surface area contributed by atoms with Gasteiger partial charge in [0.15, 0.2) is 0 Å². The predicted octanol–water partition coefficient (Wildman–Crippen LogP) is 2.96. The van der Waals surface area contributed by atoms with Gasteiger partial charge in [0.2, 0.25) is 0 Å². The average molecular weight is 271 g/mol. The van der Waals surface area contributed by atoms with Gasteiger partial charge in [0.1, 0.15) is 11.6 Å². The van der Waals surface area contributed by atoms with Crippen LogP contribution in [-0.4, -0.2) is 28.8 Å². The Hall–Kier alpha value is -1.52. The van der Waals surface area contributed by atoms with Crippen LogP contribution < -0.4 is 5.32 Å². The van der Waals surface area contributed by atoms with Gasteiger partial charge in [0.25, 0.3) is 0 Å². The summed E-state index contributed by atoms with van der Waals surface area (Å²) in [6.45, 7) is 9.37. The Bertz CT molecular complexity index is 329. The molecule has 0 aliphatic rings. The number of carboxylic acids is 1. The molecule has 0 spiro atoms. The molecule has 19 heavy (non-hydrogen) atoms. The number of carboxylic acid groups (broad SMARTS) is 1. The van der Waals surface area contributed by atoms with Gasteiger partial charge in [-0.2, -0.15) is 0 Å². The van der Waals surface area contributed by atoms with E-state index in [0.717, 1.165) is 12.8 Å². The van der Waals surface area contributed by atoms with Gasteiger partial charge >= 0.3 is 12.1 Å². The topological polar surface area (TPSA) is 75.6 Å². The first kappa shape index (κ1) is 17.5. The second-order valence-electron chi connectivity index (χ2n) is 5.86.